The number of carbonyl (C=O) groups excluding carboxylic acids is 3. The summed E-state index contributed by atoms with van der Waals surface area (Å²) in [5.41, 5.74) is 0.484. The Morgan fingerprint density at radius 1 is 1.08 bits per heavy atom. The Morgan fingerprint density at radius 2 is 1.76 bits per heavy atom. The molecule has 0 fully saturated rings. The molecule has 0 bridgehead atoms. The molecule has 11 nitrogen and oxygen atoms in total. The lowest BCUT2D eigenvalue weighted by atomic mass is 10.1. The van der Waals surface area contributed by atoms with Crippen molar-refractivity contribution in [1.29, 1.82) is 0 Å². The van der Waals surface area contributed by atoms with E-state index in [4.69, 9.17) is 18.9 Å². The minimum Gasteiger partial charge on any atom is -0.497 e. The van der Waals surface area contributed by atoms with E-state index in [1.165, 1.54) is 14.2 Å². The van der Waals surface area contributed by atoms with Crippen molar-refractivity contribution >= 4 is 45.9 Å². The van der Waals surface area contributed by atoms with Crippen LogP contribution in [0.5, 0.6) is 11.5 Å². The number of hydrogen-bond donors (Lipinski definition) is 1. The van der Waals surface area contributed by atoms with Crippen molar-refractivity contribution in [1.82, 2.24) is 14.8 Å². The van der Waals surface area contributed by atoms with Crippen LogP contribution in [0, 0.1) is 6.92 Å². The van der Waals surface area contributed by atoms with Gasteiger partial charge in [0.25, 0.3) is 0 Å². The maximum absolute atomic E-state index is 12.7. The number of nitrogens with zero attached hydrogens (tertiary/aromatic N) is 3. The average Bonchev–Trinajstić information content (AvgIpc) is 3.45. The highest BCUT2D eigenvalue weighted by atomic mass is 32.2. The molecule has 0 aliphatic heterocycles. The number of anilines is 1. The fourth-order valence-corrected chi connectivity index (χ4v) is 5.09. The second-order valence-corrected chi connectivity index (χ2v) is 9.31. The monoisotopic (exact) mass is 546 g/mol. The summed E-state index contributed by atoms with van der Waals surface area (Å²) in [6.07, 6.45) is 1.69. The van der Waals surface area contributed by atoms with Gasteiger partial charge >= 0.3 is 11.9 Å². The first-order valence-corrected chi connectivity index (χ1v) is 12.7. The average molecular weight is 547 g/mol. The predicted molar refractivity (Wildman–Crippen MR) is 139 cm³/mol. The first-order chi connectivity index (χ1) is 17.8. The van der Waals surface area contributed by atoms with Crippen molar-refractivity contribution in [2.75, 3.05) is 32.4 Å². The molecule has 0 saturated carbocycles. The number of ether oxygens (including phenoxy) is 4. The third-order valence-corrected chi connectivity index (χ3v) is 7.18. The van der Waals surface area contributed by atoms with E-state index in [1.807, 2.05) is 0 Å². The summed E-state index contributed by atoms with van der Waals surface area (Å²) in [6, 6.07) is 7.15. The standard InChI is InChI=1S/C24H26N4O7S2/c1-6-11-28-17(12-35-16-9-7-15(32-3)8-10-16)26-27-24(28)36-13-18(29)25-21-19(22(30)33-4)14(2)20(37-21)23(31)34-5/h6-10H,1,11-13H2,2-5H3,(H,25,29). The molecule has 0 radical (unpaired) electrons. The minimum absolute atomic E-state index is 0.0280. The van der Waals surface area contributed by atoms with Crippen LogP contribution in [0.3, 0.4) is 0 Å². The number of hydrogen-bond acceptors (Lipinski definition) is 11. The number of nitrogens with one attached hydrogen (secondary N) is 1. The van der Waals surface area contributed by atoms with Crippen LogP contribution in [0.4, 0.5) is 5.00 Å². The Kier molecular flexibility index (Phi) is 9.69. The van der Waals surface area contributed by atoms with Gasteiger partial charge in [-0.05, 0) is 36.8 Å². The van der Waals surface area contributed by atoms with Gasteiger partial charge < -0.3 is 24.3 Å². The highest BCUT2D eigenvalue weighted by Crippen LogP contribution is 2.34. The van der Waals surface area contributed by atoms with Gasteiger partial charge in [0.05, 0.1) is 32.6 Å². The van der Waals surface area contributed by atoms with Gasteiger partial charge in [0.15, 0.2) is 11.0 Å². The summed E-state index contributed by atoms with van der Waals surface area (Å²) >= 11 is 2.11. The molecule has 1 aromatic carbocycles. The largest absolute Gasteiger partial charge is 0.497 e. The number of thioether (sulfide) groups is 1. The third-order valence-electron chi connectivity index (χ3n) is 5.02. The molecule has 2 aromatic heterocycles. The maximum atomic E-state index is 12.7. The molecule has 0 atom stereocenters. The number of rotatable bonds is 12. The molecule has 0 spiro atoms. The number of aromatic nitrogens is 3. The summed E-state index contributed by atoms with van der Waals surface area (Å²) in [4.78, 5) is 37.3. The zero-order valence-electron chi connectivity index (χ0n) is 20.7. The second kappa shape index (κ2) is 12.9. The normalized spacial score (nSPS) is 10.5. The first-order valence-electron chi connectivity index (χ1n) is 10.8. The third kappa shape index (κ3) is 6.68. The summed E-state index contributed by atoms with van der Waals surface area (Å²) in [5.74, 6) is 0.210. The van der Waals surface area contributed by atoms with Crippen LogP contribution < -0.4 is 14.8 Å². The van der Waals surface area contributed by atoms with Gasteiger partial charge in [0.1, 0.15) is 28.0 Å². The van der Waals surface area contributed by atoms with Crippen molar-refractivity contribution in [3.05, 3.63) is 58.7 Å². The SMILES string of the molecule is C=CCn1c(COc2ccc(OC)cc2)nnc1SCC(=O)Nc1sc(C(=O)OC)c(C)c1C(=O)OC. The molecule has 1 N–H and O–H groups in total. The van der Waals surface area contributed by atoms with Crippen LogP contribution in [-0.4, -0.2) is 59.7 Å². The Labute approximate surface area is 221 Å². The van der Waals surface area contributed by atoms with Crippen LogP contribution in [0.1, 0.15) is 31.4 Å². The van der Waals surface area contributed by atoms with E-state index < -0.39 is 17.8 Å². The zero-order chi connectivity index (χ0) is 26.9. The van der Waals surface area contributed by atoms with Crippen molar-refractivity contribution in [2.24, 2.45) is 0 Å². The van der Waals surface area contributed by atoms with Crippen molar-refractivity contribution in [2.45, 2.75) is 25.2 Å². The van der Waals surface area contributed by atoms with E-state index in [1.54, 1.807) is 48.9 Å². The number of amides is 1. The zero-order valence-corrected chi connectivity index (χ0v) is 22.4. The lowest BCUT2D eigenvalue weighted by molar-refractivity contribution is -0.113. The van der Waals surface area contributed by atoms with Crippen LogP contribution in [0.25, 0.3) is 0 Å². The predicted octanol–water partition coefficient (Wildman–Crippen LogP) is 3.73. The van der Waals surface area contributed by atoms with E-state index in [-0.39, 0.29) is 27.8 Å². The topological polar surface area (TPSA) is 131 Å². The summed E-state index contributed by atoms with van der Waals surface area (Å²) < 4.78 is 22.3. The van der Waals surface area contributed by atoms with Crippen molar-refractivity contribution in [3.8, 4) is 11.5 Å². The van der Waals surface area contributed by atoms with Crippen LogP contribution in [0.15, 0.2) is 42.1 Å². The summed E-state index contributed by atoms with van der Waals surface area (Å²) in [6.45, 7) is 5.94. The van der Waals surface area contributed by atoms with Gasteiger partial charge in [0, 0.05) is 6.54 Å². The molecule has 37 heavy (non-hydrogen) atoms. The molecule has 2 heterocycles. The molecule has 0 saturated heterocycles. The molecule has 13 heteroatoms. The first kappa shape index (κ1) is 27.7. The molecule has 1 amide bonds. The summed E-state index contributed by atoms with van der Waals surface area (Å²) in [5, 5.41) is 11.8. The Hall–Kier alpha value is -3.84. The number of allylic oxidation sites excluding steroid dienone is 1. The molecular formula is C24H26N4O7S2. The maximum Gasteiger partial charge on any atom is 0.348 e. The van der Waals surface area contributed by atoms with E-state index >= 15 is 0 Å². The fourth-order valence-electron chi connectivity index (χ4n) is 3.19. The Morgan fingerprint density at radius 3 is 2.38 bits per heavy atom. The Bertz CT molecular complexity index is 1290. The van der Waals surface area contributed by atoms with Crippen molar-refractivity contribution < 1.29 is 33.3 Å². The number of methoxy groups -OCH3 is 3. The Balaban J connectivity index is 1.69. The van der Waals surface area contributed by atoms with E-state index in [9.17, 15) is 14.4 Å². The van der Waals surface area contributed by atoms with Gasteiger partial charge in [-0.3, -0.25) is 9.36 Å². The molecule has 0 aliphatic rings. The highest BCUT2D eigenvalue weighted by Gasteiger charge is 2.27. The summed E-state index contributed by atoms with van der Waals surface area (Å²) in [7, 11) is 4.05. The second-order valence-electron chi connectivity index (χ2n) is 7.34. The van der Waals surface area contributed by atoms with Gasteiger partial charge in [-0.25, -0.2) is 9.59 Å². The van der Waals surface area contributed by atoms with E-state index in [2.05, 4.69) is 22.1 Å². The fraction of sp³-hybridized carbons (Fsp3) is 0.292. The molecular weight excluding hydrogens is 520 g/mol. The lowest BCUT2D eigenvalue weighted by Gasteiger charge is -2.10. The van der Waals surface area contributed by atoms with Crippen molar-refractivity contribution in [3.63, 3.8) is 0 Å². The number of esters is 2. The molecule has 0 unspecified atom stereocenters. The molecule has 3 aromatic rings. The van der Waals surface area contributed by atoms with E-state index in [0.29, 0.717) is 28.8 Å². The number of benzene rings is 1. The van der Waals surface area contributed by atoms with Crippen LogP contribution >= 0.6 is 23.1 Å². The van der Waals surface area contributed by atoms with Crippen LogP contribution in [0.2, 0.25) is 0 Å². The number of carbonyl (C=O) groups is 3. The minimum atomic E-state index is -0.668. The van der Waals surface area contributed by atoms with Gasteiger partial charge in [0.2, 0.25) is 5.91 Å². The van der Waals surface area contributed by atoms with E-state index in [0.717, 1.165) is 28.8 Å². The van der Waals surface area contributed by atoms with Gasteiger partial charge in [-0.1, -0.05) is 17.8 Å². The smallest absolute Gasteiger partial charge is 0.348 e. The van der Waals surface area contributed by atoms with Crippen LogP contribution in [-0.2, 0) is 27.4 Å². The van der Waals surface area contributed by atoms with Gasteiger partial charge in [-0.15, -0.1) is 28.1 Å². The number of thiophene rings is 1. The lowest BCUT2D eigenvalue weighted by Crippen LogP contribution is -2.16. The molecule has 0 aliphatic carbocycles. The highest BCUT2D eigenvalue weighted by molar-refractivity contribution is 7.99. The van der Waals surface area contributed by atoms with Gasteiger partial charge in [-0.2, -0.15) is 0 Å². The molecule has 3 rings (SSSR count). The molecule has 196 valence electrons. The quantitative estimate of drug-likeness (QED) is 0.204.